The molecule has 1 aromatic heterocycles. The van der Waals surface area contributed by atoms with Gasteiger partial charge in [0.05, 0.1) is 18.2 Å². The molecule has 0 spiro atoms. The van der Waals surface area contributed by atoms with Crippen LogP contribution in [0.25, 0.3) is 0 Å². The topological polar surface area (TPSA) is 107 Å². The number of esters is 1. The molecule has 2 amide bonds. The molecule has 2 aliphatic heterocycles. The summed E-state index contributed by atoms with van der Waals surface area (Å²) in [7, 11) is 0. The molecule has 1 aromatic carbocycles. The molecule has 30 heavy (non-hydrogen) atoms. The summed E-state index contributed by atoms with van der Waals surface area (Å²) in [5, 5.41) is 3.03. The van der Waals surface area contributed by atoms with Gasteiger partial charge in [-0.15, -0.1) is 0 Å². The van der Waals surface area contributed by atoms with Crippen molar-refractivity contribution in [2.75, 3.05) is 36.6 Å². The highest BCUT2D eigenvalue weighted by Crippen LogP contribution is 2.36. The quantitative estimate of drug-likeness (QED) is 0.725. The van der Waals surface area contributed by atoms with Crippen molar-refractivity contribution in [3.63, 3.8) is 0 Å². The highest BCUT2D eigenvalue weighted by atomic mass is 32.1. The van der Waals surface area contributed by atoms with Crippen LogP contribution in [0.15, 0.2) is 18.2 Å². The summed E-state index contributed by atoms with van der Waals surface area (Å²) >= 11 is 1.06. The molecule has 2 aromatic rings. The highest BCUT2D eigenvalue weighted by Gasteiger charge is 2.36. The fraction of sp³-hybridized carbons (Fsp3) is 0.400. The van der Waals surface area contributed by atoms with Crippen LogP contribution >= 0.6 is 11.3 Å². The molecular formula is C20H21N3O6S. The zero-order valence-corrected chi connectivity index (χ0v) is 17.4. The summed E-state index contributed by atoms with van der Waals surface area (Å²) in [4.78, 5) is 43.3. The smallest absolute Gasteiger partial charge is 0.350 e. The van der Waals surface area contributed by atoms with E-state index < -0.39 is 11.9 Å². The molecule has 9 nitrogen and oxygen atoms in total. The first-order valence-electron chi connectivity index (χ1n) is 9.61. The largest absolute Gasteiger partial charge is 0.486 e. The van der Waals surface area contributed by atoms with Gasteiger partial charge < -0.3 is 24.4 Å². The summed E-state index contributed by atoms with van der Waals surface area (Å²) in [6.07, 6.45) is 0.0926. The second kappa shape index (κ2) is 8.31. The number of nitrogens with zero attached hydrogens (tertiary/aromatic N) is 2. The molecule has 1 fully saturated rings. The number of carbonyl (C=O) groups is 3. The van der Waals surface area contributed by atoms with Gasteiger partial charge in [-0.25, -0.2) is 9.78 Å². The lowest BCUT2D eigenvalue weighted by molar-refractivity contribution is -0.122. The van der Waals surface area contributed by atoms with E-state index in [1.165, 1.54) is 0 Å². The van der Waals surface area contributed by atoms with Crippen LogP contribution in [0, 0.1) is 12.8 Å². The molecule has 0 unspecified atom stereocenters. The predicted octanol–water partition coefficient (Wildman–Crippen LogP) is 2.39. The van der Waals surface area contributed by atoms with Gasteiger partial charge in [0.15, 0.2) is 16.6 Å². The molecule has 1 atom stereocenters. The summed E-state index contributed by atoms with van der Waals surface area (Å²) in [5.41, 5.74) is 1.16. The van der Waals surface area contributed by atoms with Gasteiger partial charge >= 0.3 is 5.97 Å². The second-order valence-electron chi connectivity index (χ2n) is 6.88. The number of rotatable bonds is 5. The number of amides is 2. The fourth-order valence-electron chi connectivity index (χ4n) is 3.38. The van der Waals surface area contributed by atoms with Gasteiger partial charge in [-0.3, -0.25) is 9.59 Å². The number of hydrogen-bond acceptors (Lipinski definition) is 8. The molecule has 0 aliphatic carbocycles. The molecule has 0 radical (unpaired) electrons. The average Bonchev–Trinajstić information content (AvgIpc) is 3.30. The number of hydrogen-bond donors (Lipinski definition) is 1. The van der Waals surface area contributed by atoms with Crippen molar-refractivity contribution in [3.8, 4) is 11.5 Å². The third kappa shape index (κ3) is 3.95. The first kappa shape index (κ1) is 20.1. The fourth-order valence-corrected chi connectivity index (χ4v) is 4.24. The van der Waals surface area contributed by atoms with Crippen molar-refractivity contribution >= 4 is 39.9 Å². The number of aryl methyl sites for hydroxylation is 1. The Labute approximate surface area is 176 Å². The standard InChI is InChI=1S/C20H21N3O6S/c1-3-27-19(26)17-11(2)21-20(30-17)22-18(25)12-8-16(24)23(10-12)13-4-5-14-15(9-13)29-7-6-28-14/h4-5,9,12H,3,6-8,10H2,1-2H3,(H,21,22,25)/t12-/m0/s1. The molecule has 1 saturated heterocycles. The maximum atomic E-state index is 12.7. The molecule has 1 N–H and O–H groups in total. The van der Waals surface area contributed by atoms with Crippen molar-refractivity contribution in [1.82, 2.24) is 4.98 Å². The Balaban J connectivity index is 1.43. The number of nitrogens with one attached hydrogen (secondary N) is 1. The molecule has 3 heterocycles. The Bertz CT molecular complexity index is 1000. The number of aromatic nitrogens is 1. The van der Waals surface area contributed by atoms with E-state index in [4.69, 9.17) is 14.2 Å². The van der Waals surface area contributed by atoms with Crippen LogP contribution in [0.4, 0.5) is 10.8 Å². The van der Waals surface area contributed by atoms with Crippen LogP contribution < -0.4 is 19.7 Å². The SMILES string of the molecule is CCOC(=O)c1sc(NC(=O)[C@H]2CC(=O)N(c3ccc4c(c3)OCCO4)C2)nc1C. The van der Waals surface area contributed by atoms with Gasteiger partial charge in [-0.2, -0.15) is 0 Å². The predicted molar refractivity (Wildman–Crippen MR) is 109 cm³/mol. The monoisotopic (exact) mass is 431 g/mol. The lowest BCUT2D eigenvalue weighted by Crippen LogP contribution is -2.28. The van der Waals surface area contributed by atoms with Crippen LogP contribution in [0.2, 0.25) is 0 Å². The number of fused-ring (bicyclic) bond motifs is 1. The average molecular weight is 431 g/mol. The van der Waals surface area contributed by atoms with E-state index in [1.807, 2.05) is 0 Å². The number of ether oxygens (including phenoxy) is 3. The molecular weight excluding hydrogens is 410 g/mol. The van der Waals surface area contributed by atoms with Crippen molar-refractivity contribution < 1.29 is 28.6 Å². The van der Waals surface area contributed by atoms with E-state index in [0.717, 1.165) is 11.3 Å². The van der Waals surface area contributed by atoms with E-state index in [-0.39, 0.29) is 31.4 Å². The Morgan fingerprint density at radius 3 is 2.83 bits per heavy atom. The van der Waals surface area contributed by atoms with E-state index in [1.54, 1.807) is 36.9 Å². The van der Waals surface area contributed by atoms with Gasteiger partial charge in [0, 0.05) is 24.7 Å². The van der Waals surface area contributed by atoms with E-state index in [9.17, 15) is 14.4 Å². The minimum absolute atomic E-state index is 0.0926. The van der Waals surface area contributed by atoms with Gasteiger partial charge in [0.2, 0.25) is 11.8 Å². The Morgan fingerprint density at radius 2 is 2.07 bits per heavy atom. The van der Waals surface area contributed by atoms with Gasteiger partial charge in [0.1, 0.15) is 18.1 Å². The summed E-state index contributed by atoms with van der Waals surface area (Å²) in [6.45, 7) is 4.86. The van der Waals surface area contributed by atoms with Crippen molar-refractivity contribution in [1.29, 1.82) is 0 Å². The zero-order chi connectivity index (χ0) is 21.3. The van der Waals surface area contributed by atoms with Crippen LogP contribution in [0.1, 0.15) is 28.7 Å². The van der Waals surface area contributed by atoms with E-state index in [0.29, 0.717) is 46.1 Å². The third-order valence-corrected chi connectivity index (χ3v) is 5.87. The van der Waals surface area contributed by atoms with Gasteiger partial charge in [-0.05, 0) is 26.0 Å². The van der Waals surface area contributed by atoms with Crippen LogP contribution in [-0.2, 0) is 14.3 Å². The molecule has 158 valence electrons. The van der Waals surface area contributed by atoms with E-state index in [2.05, 4.69) is 10.3 Å². The maximum absolute atomic E-state index is 12.7. The van der Waals surface area contributed by atoms with Crippen LogP contribution in [-0.4, -0.2) is 49.1 Å². The normalized spacial score (nSPS) is 17.7. The van der Waals surface area contributed by atoms with Crippen molar-refractivity contribution in [3.05, 3.63) is 28.8 Å². The Morgan fingerprint density at radius 1 is 1.30 bits per heavy atom. The second-order valence-corrected chi connectivity index (χ2v) is 7.88. The van der Waals surface area contributed by atoms with Gasteiger partial charge in [-0.1, -0.05) is 11.3 Å². The number of carbonyl (C=O) groups excluding carboxylic acids is 3. The minimum Gasteiger partial charge on any atom is -0.486 e. The van der Waals surface area contributed by atoms with Crippen molar-refractivity contribution in [2.24, 2.45) is 5.92 Å². The molecule has 0 bridgehead atoms. The summed E-state index contributed by atoms with van der Waals surface area (Å²) < 4.78 is 16.1. The maximum Gasteiger partial charge on any atom is 0.350 e. The van der Waals surface area contributed by atoms with Gasteiger partial charge in [0.25, 0.3) is 0 Å². The number of benzene rings is 1. The Kier molecular flexibility index (Phi) is 5.58. The highest BCUT2D eigenvalue weighted by molar-refractivity contribution is 7.17. The molecule has 10 heteroatoms. The van der Waals surface area contributed by atoms with Crippen LogP contribution in [0.3, 0.4) is 0 Å². The Hall–Kier alpha value is -3.14. The molecule has 2 aliphatic rings. The molecule has 0 saturated carbocycles. The number of thiazole rings is 1. The lowest BCUT2D eigenvalue weighted by atomic mass is 10.1. The van der Waals surface area contributed by atoms with Crippen molar-refractivity contribution in [2.45, 2.75) is 20.3 Å². The first-order valence-corrected chi connectivity index (χ1v) is 10.4. The molecule has 4 rings (SSSR count). The zero-order valence-electron chi connectivity index (χ0n) is 16.6. The minimum atomic E-state index is -0.527. The van der Waals surface area contributed by atoms with E-state index >= 15 is 0 Å². The number of anilines is 2. The third-order valence-electron chi connectivity index (χ3n) is 4.82. The first-order chi connectivity index (χ1) is 14.5. The van der Waals surface area contributed by atoms with Crippen LogP contribution in [0.5, 0.6) is 11.5 Å². The lowest BCUT2D eigenvalue weighted by Gasteiger charge is -2.22. The summed E-state index contributed by atoms with van der Waals surface area (Å²) in [5.74, 6) is -0.219. The summed E-state index contributed by atoms with van der Waals surface area (Å²) in [6, 6.07) is 5.30.